The van der Waals surface area contributed by atoms with Crippen molar-refractivity contribution in [2.24, 2.45) is 0 Å². The lowest BCUT2D eigenvalue weighted by Gasteiger charge is -2.17. The van der Waals surface area contributed by atoms with Gasteiger partial charge < -0.3 is 14.2 Å². The number of hydrogen-bond donors (Lipinski definition) is 1. The van der Waals surface area contributed by atoms with Crippen molar-refractivity contribution >= 4 is 11.8 Å². The third-order valence-corrected chi connectivity index (χ3v) is 3.63. The van der Waals surface area contributed by atoms with Crippen molar-refractivity contribution in [2.75, 3.05) is 18.5 Å². The number of para-hydroxylation sites is 1. The standard InChI is InChI=1S/C20H25NO4/c1-5-23-18-9-7-8-16(19(18)21-20(22)24-6-2)13-25-17-11-10-14(3)12-15(17)4/h7-12H,5-6,13H2,1-4H3,(H,21,22). The molecule has 0 bridgehead atoms. The number of aryl methyl sites for hydroxylation is 2. The highest BCUT2D eigenvalue weighted by Crippen LogP contribution is 2.30. The summed E-state index contributed by atoms with van der Waals surface area (Å²) in [5, 5.41) is 2.76. The molecule has 0 unspecified atom stereocenters. The molecule has 2 aromatic carbocycles. The third-order valence-electron chi connectivity index (χ3n) is 3.63. The van der Waals surface area contributed by atoms with Gasteiger partial charge in [-0.3, -0.25) is 5.32 Å². The molecule has 134 valence electrons. The monoisotopic (exact) mass is 343 g/mol. The number of carbonyl (C=O) groups excluding carboxylic acids is 1. The Labute approximate surface area is 148 Å². The third kappa shape index (κ3) is 5.14. The van der Waals surface area contributed by atoms with Gasteiger partial charge in [0.1, 0.15) is 18.1 Å². The van der Waals surface area contributed by atoms with Crippen molar-refractivity contribution in [3.05, 3.63) is 53.1 Å². The Bertz CT molecular complexity index is 728. The van der Waals surface area contributed by atoms with Crippen molar-refractivity contribution < 1.29 is 19.0 Å². The predicted molar refractivity (Wildman–Crippen MR) is 98.5 cm³/mol. The molecule has 2 aromatic rings. The molecular formula is C20H25NO4. The molecule has 0 spiro atoms. The molecule has 0 heterocycles. The van der Waals surface area contributed by atoms with Crippen LogP contribution in [-0.2, 0) is 11.3 Å². The largest absolute Gasteiger partial charge is 0.492 e. The van der Waals surface area contributed by atoms with Crippen LogP contribution in [0.1, 0.15) is 30.5 Å². The van der Waals surface area contributed by atoms with Crippen LogP contribution in [0.3, 0.4) is 0 Å². The summed E-state index contributed by atoms with van der Waals surface area (Å²) in [6, 6.07) is 11.6. The summed E-state index contributed by atoms with van der Waals surface area (Å²) >= 11 is 0. The number of rotatable bonds is 7. The molecule has 5 heteroatoms. The Kier molecular flexibility index (Phi) is 6.69. The minimum Gasteiger partial charge on any atom is -0.492 e. The zero-order valence-corrected chi connectivity index (χ0v) is 15.2. The first kappa shape index (κ1) is 18.6. The highest BCUT2D eigenvalue weighted by atomic mass is 16.5. The van der Waals surface area contributed by atoms with Crippen LogP contribution >= 0.6 is 0 Å². The minimum absolute atomic E-state index is 0.303. The van der Waals surface area contributed by atoms with E-state index in [1.807, 2.05) is 51.1 Å². The molecule has 5 nitrogen and oxygen atoms in total. The summed E-state index contributed by atoms with van der Waals surface area (Å²) in [4.78, 5) is 11.9. The van der Waals surface area contributed by atoms with E-state index >= 15 is 0 Å². The Hall–Kier alpha value is -2.69. The molecule has 2 rings (SSSR count). The molecule has 0 atom stereocenters. The average Bonchev–Trinajstić information content (AvgIpc) is 2.57. The highest BCUT2D eigenvalue weighted by Gasteiger charge is 2.14. The van der Waals surface area contributed by atoms with Crippen LogP contribution in [0.4, 0.5) is 10.5 Å². The fourth-order valence-electron chi connectivity index (χ4n) is 2.50. The lowest BCUT2D eigenvalue weighted by atomic mass is 10.1. The first-order valence-corrected chi connectivity index (χ1v) is 8.43. The lowest BCUT2D eigenvalue weighted by molar-refractivity contribution is 0.167. The molecule has 0 saturated heterocycles. The smallest absolute Gasteiger partial charge is 0.411 e. The minimum atomic E-state index is -0.512. The molecule has 1 N–H and O–H groups in total. The predicted octanol–water partition coefficient (Wildman–Crippen LogP) is 4.85. The zero-order valence-electron chi connectivity index (χ0n) is 15.2. The maximum atomic E-state index is 11.9. The van der Waals surface area contributed by atoms with E-state index in [2.05, 4.69) is 11.4 Å². The van der Waals surface area contributed by atoms with Gasteiger partial charge in [0.15, 0.2) is 0 Å². The number of carbonyl (C=O) groups is 1. The number of ether oxygens (including phenoxy) is 3. The van der Waals surface area contributed by atoms with Crippen LogP contribution in [0.25, 0.3) is 0 Å². The molecule has 0 radical (unpaired) electrons. The van der Waals surface area contributed by atoms with Gasteiger partial charge in [0.25, 0.3) is 0 Å². The second-order valence-corrected chi connectivity index (χ2v) is 5.63. The Morgan fingerprint density at radius 1 is 1.00 bits per heavy atom. The Balaban J connectivity index is 2.23. The molecule has 25 heavy (non-hydrogen) atoms. The molecule has 0 fully saturated rings. The molecule has 0 aromatic heterocycles. The van der Waals surface area contributed by atoms with Gasteiger partial charge in [0.2, 0.25) is 0 Å². The summed E-state index contributed by atoms with van der Waals surface area (Å²) in [5.74, 6) is 1.41. The van der Waals surface area contributed by atoms with Crippen LogP contribution in [0.5, 0.6) is 11.5 Å². The van der Waals surface area contributed by atoms with Crippen molar-refractivity contribution in [2.45, 2.75) is 34.3 Å². The van der Waals surface area contributed by atoms with Crippen LogP contribution in [-0.4, -0.2) is 19.3 Å². The second-order valence-electron chi connectivity index (χ2n) is 5.63. The van der Waals surface area contributed by atoms with Crippen molar-refractivity contribution in [1.29, 1.82) is 0 Å². The van der Waals surface area contributed by atoms with Crippen molar-refractivity contribution in [3.63, 3.8) is 0 Å². The molecule has 0 aliphatic heterocycles. The number of benzene rings is 2. The summed E-state index contributed by atoms with van der Waals surface area (Å²) in [7, 11) is 0. The summed E-state index contributed by atoms with van der Waals surface area (Å²) in [6.45, 7) is 8.83. The van der Waals surface area contributed by atoms with Crippen LogP contribution in [0, 0.1) is 13.8 Å². The summed E-state index contributed by atoms with van der Waals surface area (Å²) in [5.41, 5.74) is 3.65. The zero-order chi connectivity index (χ0) is 18.2. The quantitative estimate of drug-likeness (QED) is 0.781. The van der Waals surface area contributed by atoms with E-state index in [4.69, 9.17) is 14.2 Å². The van der Waals surface area contributed by atoms with Gasteiger partial charge in [0, 0.05) is 5.56 Å². The van der Waals surface area contributed by atoms with Gasteiger partial charge >= 0.3 is 6.09 Å². The van der Waals surface area contributed by atoms with Gasteiger partial charge in [-0.15, -0.1) is 0 Å². The molecular weight excluding hydrogens is 318 g/mol. The topological polar surface area (TPSA) is 56.8 Å². The van der Waals surface area contributed by atoms with Crippen molar-refractivity contribution in [3.8, 4) is 11.5 Å². The number of amides is 1. The van der Waals surface area contributed by atoms with E-state index < -0.39 is 6.09 Å². The number of hydrogen-bond acceptors (Lipinski definition) is 4. The fraction of sp³-hybridized carbons (Fsp3) is 0.350. The summed E-state index contributed by atoms with van der Waals surface area (Å²) < 4.78 is 16.6. The van der Waals surface area contributed by atoms with E-state index in [-0.39, 0.29) is 0 Å². The molecule has 0 aliphatic rings. The van der Waals surface area contributed by atoms with E-state index in [0.717, 1.165) is 16.9 Å². The van der Waals surface area contributed by atoms with Crippen LogP contribution < -0.4 is 14.8 Å². The van der Waals surface area contributed by atoms with Crippen molar-refractivity contribution in [1.82, 2.24) is 0 Å². The Morgan fingerprint density at radius 2 is 1.80 bits per heavy atom. The first-order valence-electron chi connectivity index (χ1n) is 8.43. The van der Waals surface area contributed by atoms with Gasteiger partial charge in [-0.2, -0.15) is 0 Å². The number of nitrogens with one attached hydrogen (secondary N) is 1. The second kappa shape index (κ2) is 8.97. The van der Waals surface area contributed by atoms with Crippen LogP contribution in [0.15, 0.2) is 36.4 Å². The van der Waals surface area contributed by atoms with Gasteiger partial charge in [-0.1, -0.05) is 29.8 Å². The van der Waals surface area contributed by atoms with Crippen LogP contribution in [0.2, 0.25) is 0 Å². The molecule has 1 amide bonds. The number of anilines is 1. The van der Waals surface area contributed by atoms with E-state index in [1.54, 1.807) is 6.92 Å². The Morgan fingerprint density at radius 3 is 2.48 bits per heavy atom. The maximum absolute atomic E-state index is 11.9. The average molecular weight is 343 g/mol. The maximum Gasteiger partial charge on any atom is 0.411 e. The van der Waals surface area contributed by atoms with E-state index in [9.17, 15) is 4.79 Å². The van der Waals surface area contributed by atoms with Gasteiger partial charge in [-0.05, 0) is 45.4 Å². The van der Waals surface area contributed by atoms with Gasteiger partial charge in [0.05, 0.1) is 18.9 Å². The SMILES string of the molecule is CCOC(=O)Nc1c(COc2ccc(C)cc2C)cccc1OCC. The first-order chi connectivity index (χ1) is 12.0. The normalized spacial score (nSPS) is 10.2. The molecule has 0 aliphatic carbocycles. The molecule has 0 saturated carbocycles. The lowest BCUT2D eigenvalue weighted by Crippen LogP contribution is -2.16. The summed E-state index contributed by atoms with van der Waals surface area (Å²) in [6.07, 6.45) is -0.512. The fourth-order valence-corrected chi connectivity index (χ4v) is 2.50. The van der Waals surface area contributed by atoms with E-state index in [1.165, 1.54) is 5.56 Å². The van der Waals surface area contributed by atoms with E-state index in [0.29, 0.717) is 31.3 Å². The highest BCUT2D eigenvalue weighted by molar-refractivity contribution is 5.88. The van der Waals surface area contributed by atoms with Gasteiger partial charge in [-0.25, -0.2) is 4.79 Å².